The third-order valence-corrected chi connectivity index (χ3v) is 3.04. The zero-order chi connectivity index (χ0) is 11.4. The Morgan fingerprint density at radius 3 is 2.81 bits per heavy atom. The first-order chi connectivity index (χ1) is 7.79. The summed E-state index contributed by atoms with van der Waals surface area (Å²) in [7, 11) is 0. The molecular formula is C13H20N2O. The molecule has 0 amide bonds. The zero-order valence-electron chi connectivity index (χ0n) is 9.78. The van der Waals surface area contributed by atoms with E-state index in [4.69, 9.17) is 10.5 Å². The molecule has 0 unspecified atom stereocenters. The molecule has 1 aromatic rings. The van der Waals surface area contributed by atoms with Crippen molar-refractivity contribution < 1.29 is 4.74 Å². The Morgan fingerprint density at radius 2 is 2.12 bits per heavy atom. The summed E-state index contributed by atoms with van der Waals surface area (Å²) >= 11 is 0. The molecule has 0 saturated heterocycles. The maximum Gasteiger partial charge on any atom is 0.142 e. The van der Waals surface area contributed by atoms with Crippen molar-refractivity contribution in [2.24, 2.45) is 11.7 Å². The van der Waals surface area contributed by atoms with E-state index in [1.807, 2.05) is 25.1 Å². The van der Waals surface area contributed by atoms with Crippen LogP contribution in [0.3, 0.4) is 0 Å². The monoisotopic (exact) mass is 220 g/mol. The molecule has 0 heterocycles. The van der Waals surface area contributed by atoms with E-state index in [9.17, 15) is 0 Å². The minimum atomic E-state index is 0.425. The lowest BCUT2D eigenvalue weighted by molar-refractivity contribution is 0.279. The number of hydrogen-bond acceptors (Lipinski definition) is 3. The maximum absolute atomic E-state index is 5.76. The molecule has 1 saturated carbocycles. The van der Waals surface area contributed by atoms with Gasteiger partial charge in [0.15, 0.2) is 0 Å². The van der Waals surface area contributed by atoms with Crippen molar-refractivity contribution in [2.45, 2.75) is 25.8 Å². The molecule has 3 heteroatoms. The number of anilines is 1. The first-order valence-electron chi connectivity index (χ1n) is 6.01. The Kier molecular flexibility index (Phi) is 3.67. The summed E-state index contributed by atoms with van der Waals surface area (Å²) < 4.78 is 5.55. The number of hydrogen-bond donors (Lipinski definition) is 2. The van der Waals surface area contributed by atoms with Gasteiger partial charge in [0.2, 0.25) is 0 Å². The minimum absolute atomic E-state index is 0.425. The molecule has 0 spiro atoms. The quantitative estimate of drug-likeness (QED) is 0.800. The lowest BCUT2D eigenvalue weighted by Gasteiger charge is -2.32. The smallest absolute Gasteiger partial charge is 0.142 e. The topological polar surface area (TPSA) is 47.3 Å². The first kappa shape index (κ1) is 11.3. The van der Waals surface area contributed by atoms with Gasteiger partial charge in [-0.15, -0.1) is 0 Å². The van der Waals surface area contributed by atoms with Crippen molar-refractivity contribution in [3.05, 3.63) is 24.3 Å². The Labute approximate surface area is 97.0 Å². The van der Waals surface area contributed by atoms with Gasteiger partial charge in [-0.25, -0.2) is 0 Å². The Morgan fingerprint density at radius 1 is 1.38 bits per heavy atom. The van der Waals surface area contributed by atoms with Gasteiger partial charge in [-0.05, 0) is 37.8 Å². The highest BCUT2D eigenvalue weighted by Crippen LogP contribution is 2.28. The highest BCUT2D eigenvalue weighted by atomic mass is 16.5. The van der Waals surface area contributed by atoms with Crippen LogP contribution in [0.1, 0.15) is 19.8 Å². The molecule has 0 aliphatic heterocycles. The van der Waals surface area contributed by atoms with Crippen molar-refractivity contribution >= 4 is 5.69 Å². The van der Waals surface area contributed by atoms with E-state index in [-0.39, 0.29) is 0 Å². The summed E-state index contributed by atoms with van der Waals surface area (Å²) in [5, 5.41) is 3.44. The highest BCUT2D eigenvalue weighted by Gasteiger charge is 2.25. The molecule has 1 aliphatic carbocycles. The third-order valence-electron chi connectivity index (χ3n) is 3.04. The van der Waals surface area contributed by atoms with Crippen LogP contribution in [0.2, 0.25) is 0 Å². The molecule has 1 aromatic carbocycles. The first-order valence-corrected chi connectivity index (χ1v) is 6.01. The lowest BCUT2D eigenvalue weighted by Crippen LogP contribution is -2.39. The van der Waals surface area contributed by atoms with Gasteiger partial charge in [-0.3, -0.25) is 0 Å². The van der Waals surface area contributed by atoms with E-state index in [0.29, 0.717) is 12.6 Å². The number of nitrogens with two attached hydrogens (primary N) is 1. The standard InChI is InChI=1S/C13H20N2O/c1-2-16-13-6-4-3-5-12(13)15-9-10-7-11(14)8-10/h3-6,10-11,15H,2,7-9,14H2,1H3. The molecule has 2 rings (SSSR count). The average molecular weight is 220 g/mol. The van der Waals surface area contributed by atoms with Gasteiger partial charge < -0.3 is 15.8 Å². The predicted octanol–water partition coefficient (Wildman–Crippen LogP) is 2.23. The normalized spacial score (nSPS) is 23.6. The predicted molar refractivity (Wildman–Crippen MR) is 66.8 cm³/mol. The van der Waals surface area contributed by atoms with Crippen molar-refractivity contribution in [2.75, 3.05) is 18.5 Å². The highest BCUT2D eigenvalue weighted by molar-refractivity contribution is 5.56. The van der Waals surface area contributed by atoms with Gasteiger partial charge >= 0.3 is 0 Å². The summed E-state index contributed by atoms with van der Waals surface area (Å²) in [5.41, 5.74) is 6.85. The summed E-state index contributed by atoms with van der Waals surface area (Å²) in [6.07, 6.45) is 2.29. The van der Waals surface area contributed by atoms with Crippen LogP contribution < -0.4 is 15.8 Å². The fraction of sp³-hybridized carbons (Fsp3) is 0.538. The Hall–Kier alpha value is -1.22. The molecule has 0 atom stereocenters. The van der Waals surface area contributed by atoms with Crippen molar-refractivity contribution in [3.8, 4) is 5.75 Å². The second-order valence-electron chi connectivity index (χ2n) is 4.41. The van der Waals surface area contributed by atoms with Crippen LogP contribution in [0, 0.1) is 5.92 Å². The molecular weight excluding hydrogens is 200 g/mol. The second kappa shape index (κ2) is 5.21. The molecule has 0 aromatic heterocycles. The fourth-order valence-corrected chi connectivity index (χ4v) is 2.10. The van der Waals surface area contributed by atoms with E-state index in [1.54, 1.807) is 0 Å². The van der Waals surface area contributed by atoms with Crippen LogP contribution in [-0.2, 0) is 0 Å². The van der Waals surface area contributed by atoms with Crippen molar-refractivity contribution in [1.29, 1.82) is 0 Å². The SMILES string of the molecule is CCOc1ccccc1NCC1CC(N)C1. The van der Waals surface area contributed by atoms with Gasteiger partial charge in [0, 0.05) is 12.6 Å². The van der Waals surface area contributed by atoms with E-state index in [2.05, 4.69) is 11.4 Å². The third kappa shape index (κ3) is 2.67. The molecule has 1 fully saturated rings. The lowest BCUT2D eigenvalue weighted by atomic mass is 9.81. The van der Waals surface area contributed by atoms with Crippen molar-refractivity contribution in [3.63, 3.8) is 0 Å². The number of rotatable bonds is 5. The summed E-state index contributed by atoms with van der Waals surface area (Å²) in [6, 6.07) is 8.50. The molecule has 3 nitrogen and oxygen atoms in total. The number of para-hydroxylation sites is 2. The van der Waals surface area contributed by atoms with Crippen LogP contribution in [0.5, 0.6) is 5.75 Å². The van der Waals surface area contributed by atoms with Crippen LogP contribution >= 0.6 is 0 Å². The second-order valence-corrected chi connectivity index (χ2v) is 4.41. The molecule has 3 N–H and O–H groups in total. The molecule has 1 aliphatic rings. The number of benzene rings is 1. The summed E-state index contributed by atoms with van der Waals surface area (Å²) in [6.45, 7) is 3.70. The maximum atomic E-state index is 5.76. The van der Waals surface area contributed by atoms with E-state index < -0.39 is 0 Å². The molecule has 0 bridgehead atoms. The molecule has 0 radical (unpaired) electrons. The number of ether oxygens (including phenoxy) is 1. The largest absolute Gasteiger partial charge is 0.492 e. The summed E-state index contributed by atoms with van der Waals surface area (Å²) in [4.78, 5) is 0. The van der Waals surface area contributed by atoms with E-state index >= 15 is 0 Å². The van der Waals surface area contributed by atoms with Crippen molar-refractivity contribution in [1.82, 2.24) is 0 Å². The fourth-order valence-electron chi connectivity index (χ4n) is 2.10. The van der Waals surface area contributed by atoms with Gasteiger partial charge in [-0.1, -0.05) is 12.1 Å². The van der Waals surface area contributed by atoms with Gasteiger partial charge in [0.1, 0.15) is 5.75 Å². The molecule has 88 valence electrons. The van der Waals surface area contributed by atoms with E-state index in [1.165, 1.54) is 0 Å². The molecule has 16 heavy (non-hydrogen) atoms. The Bertz CT molecular complexity index is 334. The average Bonchev–Trinajstić information content (AvgIpc) is 2.25. The van der Waals surface area contributed by atoms with Gasteiger partial charge in [-0.2, -0.15) is 0 Å². The van der Waals surface area contributed by atoms with Crippen LogP contribution in [0.4, 0.5) is 5.69 Å². The Balaban J connectivity index is 1.87. The van der Waals surface area contributed by atoms with Gasteiger partial charge in [0.05, 0.1) is 12.3 Å². The number of nitrogens with one attached hydrogen (secondary N) is 1. The minimum Gasteiger partial charge on any atom is -0.492 e. The zero-order valence-corrected chi connectivity index (χ0v) is 9.78. The summed E-state index contributed by atoms with van der Waals surface area (Å²) in [5.74, 6) is 1.67. The van der Waals surface area contributed by atoms with Crippen LogP contribution in [0.25, 0.3) is 0 Å². The van der Waals surface area contributed by atoms with Crippen LogP contribution in [-0.4, -0.2) is 19.2 Å². The van der Waals surface area contributed by atoms with Crippen LogP contribution in [0.15, 0.2) is 24.3 Å². The van der Waals surface area contributed by atoms with Gasteiger partial charge in [0.25, 0.3) is 0 Å². The van der Waals surface area contributed by atoms with E-state index in [0.717, 1.165) is 36.7 Å².